The Balaban J connectivity index is 1.72. The first-order valence-corrected chi connectivity index (χ1v) is 9.64. The second-order valence-corrected chi connectivity index (χ2v) is 7.67. The Labute approximate surface area is 165 Å². The topological polar surface area (TPSA) is 78.2 Å². The number of benzene rings is 1. The summed E-state index contributed by atoms with van der Waals surface area (Å²) in [5.41, 5.74) is -0.469. The van der Waals surface area contributed by atoms with Crippen molar-refractivity contribution in [2.24, 2.45) is 0 Å². The summed E-state index contributed by atoms with van der Waals surface area (Å²) in [6.07, 6.45) is 7.52. The van der Waals surface area contributed by atoms with Crippen molar-refractivity contribution in [3.8, 4) is 5.75 Å². The second kappa shape index (κ2) is 6.48. The Morgan fingerprint density at radius 1 is 1.31 bits per heavy atom. The molecule has 9 heteroatoms. The van der Waals surface area contributed by atoms with Gasteiger partial charge >= 0.3 is 5.97 Å². The third-order valence-electron chi connectivity index (χ3n) is 5.96. The van der Waals surface area contributed by atoms with Crippen molar-refractivity contribution in [2.75, 3.05) is 43.3 Å². The van der Waals surface area contributed by atoms with Crippen molar-refractivity contribution in [1.82, 2.24) is 9.58 Å². The molecule has 152 valence electrons. The lowest BCUT2D eigenvalue weighted by atomic mass is 10.1. The lowest BCUT2D eigenvalue weighted by molar-refractivity contribution is 0.0694. The molecule has 4 heterocycles. The Kier molecular flexibility index (Phi) is 4.02. The molecule has 0 bridgehead atoms. The van der Waals surface area contributed by atoms with Gasteiger partial charge in [-0.2, -0.15) is 0 Å². The van der Waals surface area contributed by atoms with Crippen LogP contribution in [0.25, 0.3) is 10.9 Å². The van der Waals surface area contributed by atoms with E-state index in [0.29, 0.717) is 18.1 Å². The van der Waals surface area contributed by atoms with Gasteiger partial charge in [0.15, 0.2) is 18.3 Å². The minimum atomic E-state index is -1.34. The fourth-order valence-electron chi connectivity index (χ4n) is 4.49. The number of nitrogens with zero attached hydrogens (tertiary/aromatic N) is 4. The van der Waals surface area contributed by atoms with Crippen LogP contribution in [0.2, 0.25) is 0 Å². The molecule has 5 rings (SSSR count). The molecule has 1 saturated heterocycles. The summed E-state index contributed by atoms with van der Waals surface area (Å²) >= 11 is 0. The number of halogens is 1. The number of fused-ring (bicyclic) bond motifs is 1. The Morgan fingerprint density at radius 2 is 2.14 bits per heavy atom. The Bertz CT molecular complexity index is 1110. The fourth-order valence-corrected chi connectivity index (χ4v) is 4.49. The number of hydrogen-bond donors (Lipinski definition) is 1. The van der Waals surface area contributed by atoms with Crippen LogP contribution in [0.3, 0.4) is 0 Å². The Hall–Kier alpha value is -3.07. The number of aromatic nitrogens is 1. The number of anilines is 1. The van der Waals surface area contributed by atoms with Gasteiger partial charge in [-0.3, -0.25) is 19.4 Å². The molecular weight excluding hydrogens is 379 g/mol. The zero-order valence-corrected chi connectivity index (χ0v) is 16.0. The van der Waals surface area contributed by atoms with E-state index in [2.05, 4.69) is 11.0 Å². The average Bonchev–Trinajstić information content (AvgIpc) is 3.05. The van der Waals surface area contributed by atoms with E-state index in [0.717, 1.165) is 32.0 Å². The van der Waals surface area contributed by atoms with E-state index in [-0.39, 0.29) is 23.6 Å². The molecule has 0 saturated carbocycles. The number of hydrogen-bond acceptors (Lipinski definition) is 6. The third-order valence-corrected chi connectivity index (χ3v) is 5.96. The van der Waals surface area contributed by atoms with Gasteiger partial charge in [-0.1, -0.05) is 6.08 Å². The van der Waals surface area contributed by atoms with E-state index >= 15 is 4.39 Å². The lowest BCUT2D eigenvalue weighted by Crippen LogP contribution is -2.40. The number of carboxylic acids is 1. The van der Waals surface area contributed by atoms with Crippen LogP contribution in [-0.2, 0) is 0 Å². The van der Waals surface area contributed by atoms with Crippen molar-refractivity contribution in [2.45, 2.75) is 18.9 Å². The summed E-state index contributed by atoms with van der Waals surface area (Å²) in [4.78, 5) is 28.4. The quantitative estimate of drug-likeness (QED) is 0.820. The van der Waals surface area contributed by atoms with Gasteiger partial charge in [0.1, 0.15) is 16.8 Å². The minimum absolute atomic E-state index is 0.00730. The van der Waals surface area contributed by atoms with E-state index in [9.17, 15) is 14.7 Å². The SMILES string of the molecule is CN1COc2c(N3C=CC4CCCN4CC3)c(F)cc3c(=O)c(C(=O)O)cn1c23. The van der Waals surface area contributed by atoms with Crippen LogP contribution in [0.4, 0.5) is 10.1 Å². The van der Waals surface area contributed by atoms with Crippen molar-refractivity contribution in [3.05, 3.63) is 46.1 Å². The van der Waals surface area contributed by atoms with Crippen LogP contribution in [0, 0.1) is 5.82 Å². The largest absolute Gasteiger partial charge is 0.477 e. The first-order valence-electron chi connectivity index (χ1n) is 9.64. The van der Waals surface area contributed by atoms with Crippen molar-refractivity contribution < 1.29 is 19.0 Å². The fraction of sp³-hybridized carbons (Fsp3) is 0.400. The summed E-state index contributed by atoms with van der Waals surface area (Å²) in [6, 6.07) is 1.49. The van der Waals surface area contributed by atoms with Crippen LogP contribution >= 0.6 is 0 Å². The standard InChI is InChI=1S/C20H21FN4O4/c1-22-11-29-19-16-13(18(26)14(20(27)28)10-25(16)22)9-15(21)17(19)24-6-4-12-3-2-5-23(12)7-8-24/h4,6,9-10,12H,2-3,5,7-8,11H2,1H3,(H,27,28). The van der Waals surface area contributed by atoms with Gasteiger partial charge in [-0.25, -0.2) is 9.18 Å². The van der Waals surface area contributed by atoms with E-state index < -0.39 is 22.8 Å². The number of pyridine rings is 1. The monoisotopic (exact) mass is 400 g/mol. The van der Waals surface area contributed by atoms with Gasteiger partial charge in [-0.15, -0.1) is 0 Å². The molecule has 1 fully saturated rings. The molecule has 0 spiro atoms. The van der Waals surface area contributed by atoms with Gasteiger partial charge in [-0.05, 0) is 25.5 Å². The summed E-state index contributed by atoms with van der Waals surface area (Å²) in [7, 11) is 1.71. The summed E-state index contributed by atoms with van der Waals surface area (Å²) in [5.74, 6) is -1.68. The van der Waals surface area contributed by atoms with Gasteiger partial charge in [0, 0.05) is 38.6 Å². The van der Waals surface area contributed by atoms with Crippen LogP contribution in [0.1, 0.15) is 23.2 Å². The molecule has 0 aliphatic carbocycles. The predicted molar refractivity (Wildman–Crippen MR) is 106 cm³/mol. The van der Waals surface area contributed by atoms with Crippen LogP contribution in [-0.4, -0.2) is 60.1 Å². The van der Waals surface area contributed by atoms with Gasteiger partial charge < -0.3 is 14.7 Å². The van der Waals surface area contributed by atoms with E-state index in [1.165, 1.54) is 6.20 Å². The summed E-state index contributed by atoms with van der Waals surface area (Å²) in [6.45, 7) is 2.54. The van der Waals surface area contributed by atoms with Gasteiger partial charge in [0.05, 0.1) is 5.39 Å². The van der Waals surface area contributed by atoms with Crippen molar-refractivity contribution in [3.63, 3.8) is 0 Å². The zero-order chi connectivity index (χ0) is 20.3. The Morgan fingerprint density at radius 3 is 2.93 bits per heavy atom. The predicted octanol–water partition coefficient (Wildman–Crippen LogP) is 1.55. The van der Waals surface area contributed by atoms with Crippen LogP contribution in [0.15, 0.2) is 29.3 Å². The normalized spacial score (nSPS) is 21.2. The third kappa shape index (κ3) is 2.68. The zero-order valence-electron chi connectivity index (χ0n) is 16.0. The molecule has 1 aromatic carbocycles. The number of aromatic carboxylic acids is 1. The second-order valence-electron chi connectivity index (χ2n) is 7.67. The molecule has 1 unspecified atom stereocenters. The molecule has 0 amide bonds. The minimum Gasteiger partial charge on any atom is -0.477 e. The summed E-state index contributed by atoms with van der Waals surface area (Å²) < 4.78 is 22.7. The van der Waals surface area contributed by atoms with Crippen molar-refractivity contribution >= 4 is 22.6 Å². The number of ether oxygens (including phenoxy) is 1. The highest BCUT2D eigenvalue weighted by Gasteiger charge is 2.31. The first-order chi connectivity index (χ1) is 14.0. The lowest BCUT2D eigenvalue weighted by Gasteiger charge is -2.33. The van der Waals surface area contributed by atoms with Crippen LogP contribution in [0.5, 0.6) is 5.75 Å². The summed E-state index contributed by atoms with van der Waals surface area (Å²) in [5, 5.41) is 11.0. The molecule has 29 heavy (non-hydrogen) atoms. The van der Waals surface area contributed by atoms with E-state index in [1.54, 1.807) is 16.7 Å². The molecule has 0 radical (unpaired) electrons. The van der Waals surface area contributed by atoms with Crippen molar-refractivity contribution in [1.29, 1.82) is 0 Å². The molecular formula is C20H21FN4O4. The maximum Gasteiger partial charge on any atom is 0.341 e. The highest BCUT2D eigenvalue weighted by molar-refractivity contribution is 5.97. The van der Waals surface area contributed by atoms with Gasteiger partial charge in [0.2, 0.25) is 5.43 Å². The molecule has 2 aromatic rings. The van der Waals surface area contributed by atoms with E-state index in [4.69, 9.17) is 4.74 Å². The number of carboxylic acid groups (broad SMARTS) is 1. The molecule has 8 nitrogen and oxygen atoms in total. The maximum atomic E-state index is 15.3. The molecule has 1 atom stereocenters. The molecule has 3 aliphatic rings. The highest BCUT2D eigenvalue weighted by atomic mass is 19.1. The molecule has 3 aliphatic heterocycles. The van der Waals surface area contributed by atoms with Crippen LogP contribution < -0.4 is 20.1 Å². The molecule has 1 N–H and O–H groups in total. The number of carbonyl (C=O) groups is 1. The molecule has 1 aromatic heterocycles. The average molecular weight is 400 g/mol. The van der Waals surface area contributed by atoms with E-state index in [1.807, 2.05) is 11.1 Å². The van der Waals surface area contributed by atoms with Gasteiger partial charge in [0.25, 0.3) is 0 Å². The smallest absolute Gasteiger partial charge is 0.341 e. The first kappa shape index (κ1) is 18.0. The maximum absolute atomic E-state index is 15.3. The number of rotatable bonds is 2. The highest BCUT2D eigenvalue weighted by Crippen LogP contribution is 2.40.